The molecule has 0 heterocycles. The summed E-state index contributed by atoms with van der Waals surface area (Å²) in [6, 6.07) is 0. The average Bonchev–Trinajstić information content (AvgIpc) is 3.39. The van der Waals surface area contributed by atoms with Crippen LogP contribution in [-0.4, -0.2) is 37.2 Å². The van der Waals surface area contributed by atoms with Crippen molar-refractivity contribution < 1.29 is 28.6 Å². The van der Waals surface area contributed by atoms with Gasteiger partial charge >= 0.3 is 17.9 Å². The first-order valence-electron chi connectivity index (χ1n) is 34.2. The Balaban J connectivity index is 4.27. The number of unbranched alkanes of at least 4 members (excludes halogenated alkanes) is 48. The summed E-state index contributed by atoms with van der Waals surface area (Å²) < 4.78 is 17.0. The van der Waals surface area contributed by atoms with E-state index in [0.717, 1.165) is 69.6 Å². The second-order valence-electron chi connectivity index (χ2n) is 24.8. The first-order chi connectivity index (χ1) is 36.7. The lowest BCUT2D eigenvalue weighted by Crippen LogP contribution is -2.30. The monoisotopic (exact) mass is 1060 g/mol. The topological polar surface area (TPSA) is 78.9 Å². The van der Waals surface area contributed by atoms with Gasteiger partial charge in [0.2, 0.25) is 0 Å². The lowest BCUT2D eigenvalue weighted by molar-refractivity contribution is -0.167. The van der Waals surface area contributed by atoms with E-state index >= 15 is 0 Å². The van der Waals surface area contributed by atoms with Crippen molar-refractivity contribution in [1.29, 1.82) is 0 Å². The molecular formula is C69H134O6. The molecule has 0 aliphatic heterocycles. The molecule has 6 nitrogen and oxygen atoms in total. The Bertz CT molecular complexity index is 1150. The zero-order chi connectivity index (χ0) is 54.6. The van der Waals surface area contributed by atoms with Crippen LogP contribution in [0.3, 0.4) is 0 Å². The van der Waals surface area contributed by atoms with Crippen molar-refractivity contribution >= 4 is 17.9 Å². The van der Waals surface area contributed by atoms with Crippen LogP contribution in [0.1, 0.15) is 394 Å². The van der Waals surface area contributed by atoms with Gasteiger partial charge in [-0.05, 0) is 31.1 Å². The van der Waals surface area contributed by atoms with Crippen molar-refractivity contribution in [2.24, 2.45) is 11.8 Å². The van der Waals surface area contributed by atoms with E-state index in [1.165, 1.54) is 283 Å². The molecule has 0 rings (SSSR count). The number of carbonyl (C=O) groups excluding carboxylic acids is 3. The molecule has 0 N–H and O–H groups in total. The second-order valence-corrected chi connectivity index (χ2v) is 24.8. The SMILES string of the molecule is CCCCCCCCCCCCCCCCCCCCCC(=O)O[C@@H](COC(=O)CCCCCCCCCCCCCCCCCCCCC(C)C)COC(=O)CCCCCCCCCCCCCCCCC(C)C. The Kier molecular flexibility index (Phi) is 60.3. The van der Waals surface area contributed by atoms with Crippen LogP contribution in [0.25, 0.3) is 0 Å². The van der Waals surface area contributed by atoms with Crippen molar-refractivity contribution in [1.82, 2.24) is 0 Å². The molecule has 0 saturated carbocycles. The summed E-state index contributed by atoms with van der Waals surface area (Å²) in [5, 5.41) is 0. The number of rotatable bonds is 63. The molecule has 75 heavy (non-hydrogen) atoms. The fraction of sp³-hybridized carbons (Fsp3) is 0.957. The quantitative estimate of drug-likeness (QED) is 0.0343. The molecule has 0 radical (unpaired) electrons. The zero-order valence-electron chi connectivity index (χ0n) is 51.7. The normalized spacial score (nSPS) is 12.0. The van der Waals surface area contributed by atoms with Gasteiger partial charge in [0, 0.05) is 19.3 Å². The third kappa shape index (κ3) is 63.1. The highest BCUT2D eigenvalue weighted by Gasteiger charge is 2.20. The van der Waals surface area contributed by atoms with Gasteiger partial charge in [-0.2, -0.15) is 0 Å². The van der Waals surface area contributed by atoms with Crippen molar-refractivity contribution in [2.75, 3.05) is 13.2 Å². The van der Waals surface area contributed by atoms with Crippen LogP contribution in [0.2, 0.25) is 0 Å². The van der Waals surface area contributed by atoms with Crippen molar-refractivity contribution in [3.63, 3.8) is 0 Å². The van der Waals surface area contributed by atoms with Crippen LogP contribution in [0.5, 0.6) is 0 Å². The van der Waals surface area contributed by atoms with Crippen LogP contribution in [0, 0.1) is 11.8 Å². The standard InChI is InChI=1S/C69H134O6/c1-6-7-8-9-10-11-12-13-14-15-16-21-24-31-36-41-46-51-56-61-69(72)75-66(63-74-68(71)60-55-50-45-40-35-30-26-25-28-33-38-43-48-53-58-65(4)5)62-73-67(70)59-54-49-44-39-34-29-23-20-18-17-19-22-27-32-37-42-47-52-57-64(2)3/h64-66H,6-63H2,1-5H3/t66-/m0/s1. The fourth-order valence-corrected chi connectivity index (χ4v) is 10.8. The number of esters is 3. The van der Waals surface area contributed by atoms with Gasteiger partial charge in [-0.3, -0.25) is 14.4 Å². The maximum Gasteiger partial charge on any atom is 0.306 e. The molecule has 0 aliphatic carbocycles. The summed E-state index contributed by atoms with van der Waals surface area (Å²) >= 11 is 0. The second kappa shape index (κ2) is 61.6. The molecule has 6 heteroatoms. The minimum Gasteiger partial charge on any atom is -0.462 e. The van der Waals surface area contributed by atoms with Crippen molar-refractivity contribution in [3.8, 4) is 0 Å². The summed E-state index contributed by atoms with van der Waals surface area (Å²) in [6.45, 7) is 11.5. The smallest absolute Gasteiger partial charge is 0.306 e. The first-order valence-corrected chi connectivity index (χ1v) is 34.2. The molecule has 0 aromatic rings. The van der Waals surface area contributed by atoms with Crippen molar-refractivity contribution in [3.05, 3.63) is 0 Å². The Morgan fingerprint density at radius 1 is 0.253 bits per heavy atom. The molecule has 0 aromatic carbocycles. The highest BCUT2D eigenvalue weighted by atomic mass is 16.6. The van der Waals surface area contributed by atoms with Gasteiger partial charge in [-0.1, -0.05) is 356 Å². The van der Waals surface area contributed by atoms with Crippen LogP contribution in [0.15, 0.2) is 0 Å². The summed E-state index contributed by atoms with van der Waals surface area (Å²) in [5.74, 6) is 0.878. The highest BCUT2D eigenvalue weighted by Crippen LogP contribution is 2.20. The number of hydrogen-bond donors (Lipinski definition) is 0. The van der Waals surface area contributed by atoms with Crippen LogP contribution < -0.4 is 0 Å². The Morgan fingerprint density at radius 2 is 0.440 bits per heavy atom. The Hall–Kier alpha value is -1.59. The van der Waals surface area contributed by atoms with E-state index in [2.05, 4.69) is 34.6 Å². The molecule has 0 saturated heterocycles. The molecule has 1 atom stereocenters. The van der Waals surface area contributed by atoms with E-state index in [9.17, 15) is 14.4 Å². The Labute approximate surface area is 469 Å². The van der Waals surface area contributed by atoms with Gasteiger partial charge in [-0.15, -0.1) is 0 Å². The van der Waals surface area contributed by atoms with Crippen LogP contribution in [-0.2, 0) is 28.6 Å². The first kappa shape index (κ1) is 73.4. The van der Waals surface area contributed by atoms with E-state index in [4.69, 9.17) is 14.2 Å². The number of hydrogen-bond acceptors (Lipinski definition) is 6. The van der Waals surface area contributed by atoms with Crippen LogP contribution >= 0.6 is 0 Å². The summed E-state index contributed by atoms with van der Waals surface area (Å²) in [5.41, 5.74) is 0. The number of carbonyl (C=O) groups is 3. The molecule has 0 amide bonds. The lowest BCUT2D eigenvalue weighted by atomic mass is 10.0. The molecule has 0 spiro atoms. The predicted molar refractivity (Wildman–Crippen MR) is 326 cm³/mol. The minimum absolute atomic E-state index is 0.0613. The van der Waals surface area contributed by atoms with Gasteiger partial charge in [-0.25, -0.2) is 0 Å². The molecule has 446 valence electrons. The van der Waals surface area contributed by atoms with Gasteiger partial charge in [0.15, 0.2) is 6.10 Å². The van der Waals surface area contributed by atoms with E-state index in [1.807, 2.05) is 0 Å². The van der Waals surface area contributed by atoms with Gasteiger partial charge in [0.1, 0.15) is 13.2 Å². The molecule has 0 bridgehead atoms. The molecular weight excluding hydrogens is 925 g/mol. The van der Waals surface area contributed by atoms with Gasteiger partial charge in [0.25, 0.3) is 0 Å². The van der Waals surface area contributed by atoms with Gasteiger partial charge < -0.3 is 14.2 Å². The fourth-order valence-electron chi connectivity index (χ4n) is 10.8. The molecule has 0 aromatic heterocycles. The van der Waals surface area contributed by atoms with E-state index < -0.39 is 6.10 Å². The minimum atomic E-state index is -0.764. The maximum absolute atomic E-state index is 12.9. The predicted octanol–water partition coefficient (Wildman–Crippen LogP) is 23.2. The Morgan fingerprint density at radius 3 is 0.653 bits per heavy atom. The third-order valence-electron chi connectivity index (χ3n) is 16.0. The average molecular weight is 1060 g/mol. The third-order valence-corrected chi connectivity index (χ3v) is 16.0. The lowest BCUT2D eigenvalue weighted by Gasteiger charge is -2.18. The van der Waals surface area contributed by atoms with E-state index in [-0.39, 0.29) is 31.1 Å². The zero-order valence-corrected chi connectivity index (χ0v) is 51.7. The molecule has 0 fully saturated rings. The number of ether oxygens (including phenoxy) is 3. The maximum atomic E-state index is 12.9. The molecule has 0 aliphatic rings. The van der Waals surface area contributed by atoms with Crippen LogP contribution in [0.4, 0.5) is 0 Å². The molecule has 0 unspecified atom stereocenters. The summed E-state index contributed by atoms with van der Waals surface area (Å²) in [7, 11) is 0. The van der Waals surface area contributed by atoms with E-state index in [1.54, 1.807) is 0 Å². The summed E-state index contributed by atoms with van der Waals surface area (Å²) in [4.78, 5) is 38.4. The van der Waals surface area contributed by atoms with Gasteiger partial charge in [0.05, 0.1) is 0 Å². The largest absolute Gasteiger partial charge is 0.462 e. The van der Waals surface area contributed by atoms with Crippen molar-refractivity contribution in [2.45, 2.75) is 400 Å². The highest BCUT2D eigenvalue weighted by molar-refractivity contribution is 5.71. The van der Waals surface area contributed by atoms with E-state index in [0.29, 0.717) is 19.3 Å². The summed E-state index contributed by atoms with van der Waals surface area (Å²) in [6.07, 6.45) is 69.7.